The number of nitrogens with one attached hydrogen (secondary N) is 1. The lowest BCUT2D eigenvalue weighted by molar-refractivity contribution is 0.0730. The van der Waals surface area contributed by atoms with Crippen LogP contribution < -0.4 is 5.43 Å². The standard InChI is InChI=1S/C20H21N3O4S/c24-20(22-21-19-9-8-15-4-1-2-7-18(15)19)16-5-3-6-17(14-16)28(25,26)23-10-12-27-13-11-23/h1-7,14H,8-13H2,(H,22,24)/b21-19-. The second kappa shape index (κ2) is 7.83. The second-order valence-electron chi connectivity index (χ2n) is 6.70. The van der Waals surface area contributed by atoms with E-state index in [0.29, 0.717) is 26.3 Å². The number of morpholine rings is 1. The summed E-state index contributed by atoms with van der Waals surface area (Å²) in [6.45, 7) is 1.37. The molecule has 8 heteroatoms. The molecule has 1 saturated heterocycles. The molecule has 4 rings (SSSR count). The number of carbonyl (C=O) groups excluding carboxylic acids is 1. The zero-order valence-corrected chi connectivity index (χ0v) is 16.1. The molecule has 0 unspecified atom stereocenters. The first kappa shape index (κ1) is 18.8. The van der Waals surface area contributed by atoms with Crippen LogP contribution in [0.1, 0.15) is 27.9 Å². The molecule has 1 aliphatic carbocycles. The molecule has 1 fully saturated rings. The number of aryl methyl sites for hydroxylation is 1. The van der Waals surface area contributed by atoms with E-state index in [-0.39, 0.29) is 10.5 Å². The first-order valence-electron chi connectivity index (χ1n) is 9.19. The molecule has 146 valence electrons. The van der Waals surface area contributed by atoms with Gasteiger partial charge in [-0.25, -0.2) is 13.8 Å². The van der Waals surface area contributed by atoms with Gasteiger partial charge in [0, 0.05) is 24.2 Å². The number of nitrogens with zero attached hydrogens (tertiary/aromatic N) is 2. The molecule has 0 aromatic heterocycles. The average molecular weight is 399 g/mol. The summed E-state index contributed by atoms with van der Waals surface area (Å²) in [4.78, 5) is 12.6. The van der Waals surface area contributed by atoms with Gasteiger partial charge in [-0.2, -0.15) is 9.41 Å². The van der Waals surface area contributed by atoms with E-state index >= 15 is 0 Å². The zero-order valence-electron chi connectivity index (χ0n) is 15.3. The van der Waals surface area contributed by atoms with E-state index in [9.17, 15) is 13.2 Å². The lowest BCUT2D eigenvalue weighted by Gasteiger charge is -2.26. The summed E-state index contributed by atoms with van der Waals surface area (Å²) in [6, 6.07) is 14.0. The fraction of sp³-hybridized carbons (Fsp3) is 0.300. The van der Waals surface area contributed by atoms with Crippen LogP contribution in [0.5, 0.6) is 0 Å². The van der Waals surface area contributed by atoms with Gasteiger partial charge in [0.25, 0.3) is 5.91 Å². The number of ether oxygens (including phenoxy) is 1. The molecule has 1 heterocycles. The van der Waals surface area contributed by atoms with Crippen LogP contribution in [0.2, 0.25) is 0 Å². The maximum absolute atomic E-state index is 12.8. The lowest BCUT2D eigenvalue weighted by Crippen LogP contribution is -2.40. The number of sulfonamides is 1. The van der Waals surface area contributed by atoms with Gasteiger partial charge in [-0.1, -0.05) is 30.3 Å². The van der Waals surface area contributed by atoms with E-state index in [2.05, 4.69) is 16.6 Å². The summed E-state index contributed by atoms with van der Waals surface area (Å²) in [5.41, 5.74) is 5.91. The van der Waals surface area contributed by atoms with Crippen molar-refractivity contribution in [3.8, 4) is 0 Å². The minimum atomic E-state index is -3.65. The van der Waals surface area contributed by atoms with Crippen molar-refractivity contribution < 1.29 is 17.9 Å². The molecule has 2 aliphatic rings. The molecule has 2 aromatic rings. The van der Waals surface area contributed by atoms with E-state index in [1.54, 1.807) is 12.1 Å². The number of hydrogen-bond donors (Lipinski definition) is 1. The Morgan fingerprint density at radius 1 is 1.04 bits per heavy atom. The quantitative estimate of drug-likeness (QED) is 0.794. The highest BCUT2D eigenvalue weighted by Crippen LogP contribution is 2.22. The number of rotatable bonds is 4. The molecule has 1 N–H and O–H groups in total. The number of hydrazone groups is 1. The summed E-state index contributed by atoms with van der Waals surface area (Å²) in [7, 11) is -3.65. The minimum Gasteiger partial charge on any atom is -0.379 e. The Morgan fingerprint density at radius 2 is 1.82 bits per heavy atom. The smallest absolute Gasteiger partial charge is 0.271 e. The third-order valence-electron chi connectivity index (χ3n) is 4.96. The summed E-state index contributed by atoms with van der Waals surface area (Å²) < 4.78 is 32.1. The molecule has 1 amide bonds. The van der Waals surface area contributed by atoms with Gasteiger partial charge in [0.2, 0.25) is 10.0 Å². The van der Waals surface area contributed by atoms with Crippen molar-refractivity contribution in [2.45, 2.75) is 17.7 Å². The Kier molecular flexibility index (Phi) is 5.25. The van der Waals surface area contributed by atoms with Crippen LogP contribution in [-0.4, -0.2) is 50.6 Å². The maximum atomic E-state index is 12.8. The van der Waals surface area contributed by atoms with Crippen LogP contribution in [0, 0.1) is 0 Å². The Bertz CT molecular complexity index is 1030. The molecule has 0 atom stereocenters. The molecule has 0 saturated carbocycles. The number of amides is 1. The summed E-state index contributed by atoms with van der Waals surface area (Å²) in [6.07, 6.45) is 1.67. The number of carbonyl (C=O) groups is 1. The largest absolute Gasteiger partial charge is 0.379 e. The van der Waals surface area contributed by atoms with Gasteiger partial charge >= 0.3 is 0 Å². The number of fused-ring (bicyclic) bond motifs is 1. The van der Waals surface area contributed by atoms with Crippen LogP contribution in [0.4, 0.5) is 0 Å². The molecule has 28 heavy (non-hydrogen) atoms. The predicted molar refractivity (Wildman–Crippen MR) is 105 cm³/mol. The zero-order chi connectivity index (χ0) is 19.6. The van der Waals surface area contributed by atoms with Crippen molar-refractivity contribution in [3.05, 3.63) is 65.2 Å². The van der Waals surface area contributed by atoms with Gasteiger partial charge in [0.15, 0.2) is 0 Å². The average Bonchev–Trinajstić information content (AvgIpc) is 3.16. The molecule has 0 bridgehead atoms. The van der Waals surface area contributed by atoms with Crippen LogP contribution >= 0.6 is 0 Å². The molecule has 7 nitrogen and oxygen atoms in total. The molecule has 0 spiro atoms. The molecule has 1 aliphatic heterocycles. The first-order valence-corrected chi connectivity index (χ1v) is 10.6. The highest BCUT2D eigenvalue weighted by molar-refractivity contribution is 7.89. The Morgan fingerprint density at radius 3 is 2.64 bits per heavy atom. The van der Waals surface area contributed by atoms with Crippen LogP contribution in [0.25, 0.3) is 0 Å². The van der Waals surface area contributed by atoms with Gasteiger partial charge in [0.05, 0.1) is 23.8 Å². The monoisotopic (exact) mass is 399 g/mol. The summed E-state index contributed by atoms with van der Waals surface area (Å²) in [5.74, 6) is -0.434. The highest BCUT2D eigenvalue weighted by atomic mass is 32.2. The SMILES string of the molecule is O=C(N/N=C1/CCc2ccccc21)c1cccc(S(=O)(=O)N2CCOCC2)c1. The highest BCUT2D eigenvalue weighted by Gasteiger charge is 2.27. The van der Waals surface area contributed by atoms with Crippen molar-refractivity contribution >= 4 is 21.6 Å². The first-order chi connectivity index (χ1) is 13.6. The van der Waals surface area contributed by atoms with Crippen molar-refractivity contribution in [1.29, 1.82) is 0 Å². The van der Waals surface area contributed by atoms with E-state index in [1.165, 1.54) is 22.0 Å². The molecular formula is C20H21N3O4S. The fourth-order valence-corrected chi connectivity index (χ4v) is 4.89. The maximum Gasteiger partial charge on any atom is 0.271 e. The minimum absolute atomic E-state index is 0.0981. The lowest BCUT2D eigenvalue weighted by atomic mass is 10.1. The number of hydrogen-bond acceptors (Lipinski definition) is 5. The van der Waals surface area contributed by atoms with Crippen molar-refractivity contribution in [2.75, 3.05) is 26.3 Å². The van der Waals surface area contributed by atoms with Crippen LogP contribution in [-0.2, 0) is 21.2 Å². The van der Waals surface area contributed by atoms with Gasteiger partial charge in [-0.05, 0) is 36.6 Å². The fourth-order valence-electron chi connectivity index (χ4n) is 3.44. The Balaban J connectivity index is 1.52. The van der Waals surface area contributed by atoms with E-state index < -0.39 is 15.9 Å². The van der Waals surface area contributed by atoms with Crippen molar-refractivity contribution in [2.24, 2.45) is 5.10 Å². The van der Waals surface area contributed by atoms with Crippen molar-refractivity contribution in [3.63, 3.8) is 0 Å². The summed E-state index contributed by atoms with van der Waals surface area (Å²) in [5, 5.41) is 4.26. The van der Waals surface area contributed by atoms with Crippen molar-refractivity contribution in [1.82, 2.24) is 9.73 Å². The van der Waals surface area contributed by atoms with Crippen LogP contribution in [0.3, 0.4) is 0 Å². The Hall–Kier alpha value is -2.55. The molecule has 2 aromatic carbocycles. The van der Waals surface area contributed by atoms with Gasteiger partial charge in [-0.15, -0.1) is 0 Å². The second-order valence-corrected chi connectivity index (χ2v) is 8.64. The van der Waals surface area contributed by atoms with E-state index in [0.717, 1.165) is 24.1 Å². The van der Waals surface area contributed by atoms with Gasteiger partial charge in [0.1, 0.15) is 0 Å². The molecule has 0 radical (unpaired) electrons. The normalized spacial score (nSPS) is 18.8. The summed E-state index contributed by atoms with van der Waals surface area (Å²) >= 11 is 0. The Labute approximate surface area is 164 Å². The topological polar surface area (TPSA) is 88.1 Å². The third kappa shape index (κ3) is 3.71. The third-order valence-corrected chi connectivity index (χ3v) is 6.85. The van der Waals surface area contributed by atoms with Crippen LogP contribution in [0.15, 0.2) is 58.5 Å². The predicted octanol–water partition coefficient (Wildman–Crippen LogP) is 1.79. The number of benzene rings is 2. The van der Waals surface area contributed by atoms with Gasteiger partial charge in [-0.3, -0.25) is 4.79 Å². The molecular weight excluding hydrogens is 378 g/mol. The van der Waals surface area contributed by atoms with E-state index in [1.807, 2.05) is 18.2 Å². The van der Waals surface area contributed by atoms with E-state index in [4.69, 9.17) is 4.74 Å². The van der Waals surface area contributed by atoms with Gasteiger partial charge < -0.3 is 4.74 Å².